The van der Waals surface area contributed by atoms with Crippen LogP contribution < -0.4 is 19.5 Å². The Morgan fingerprint density at radius 2 is 1.41 bits per heavy atom. The average molecular weight is 368 g/mol. The minimum atomic E-state index is 0. The minimum absolute atomic E-state index is 0. The molecule has 5 heteroatoms. The fraction of sp³-hybridized carbons (Fsp3) is 0.294. The minimum Gasteiger partial charge on any atom is -0.497 e. The molecule has 2 aromatic carbocycles. The third kappa shape index (κ3) is 4.64. The lowest BCUT2D eigenvalue weighted by Gasteiger charge is -2.12. The molecular formula is C17H22BrNO3. The van der Waals surface area contributed by atoms with Crippen molar-refractivity contribution < 1.29 is 14.2 Å². The van der Waals surface area contributed by atoms with Crippen molar-refractivity contribution in [1.82, 2.24) is 5.32 Å². The number of rotatable bonds is 7. The maximum absolute atomic E-state index is 5.37. The fourth-order valence-electron chi connectivity index (χ4n) is 2.20. The molecule has 0 aliphatic heterocycles. The standard InChI is InChI=1S/C17H21NO3.BrH/c1-19-15-8-9-17(21-3)14(10-15)12-18-11-13-6-4-5-7-16(13)20-2;/h4-10,18H,11-12H2,1-3H3;1H. The first-order chi connectivity index (χ1) is 10.3. The van der Waals surface area contributed by atoms with Crippen LogP contribution in [0.25, 0.3) is 0 Å². The molecular weight excluding hydrogens is 346 g/mol. The summed E-state index contributed by atoms with van der Waals surface area (Å²) >= 11 is 0. The number of nitrogens with one attached hydrogen (secondary N) is 1. The topological polar surface area (TPSA) is 39.7 Å². The van der Waals surface area contributed by atoms with Gasteiger partial charge in [-0.2, -0.15) is 0 Å². The van der Waals surface area contributed by atoms with E-state index < -0.39 is 0 Å². The Kier molecular flexibility index (Phi) is 7.77. The van der Waals surface area contributed by atoms with Gasteiger partial charge in [0, 0.05) is 24.2 Å². The van der Waals surface area contributed by atoms with E-state index in [4.69, 9.17) is 14.2 Å². The summed E-state index contributed by atoms with van der Waals surface area (Å²) < 4.78 is 16.0. The van der Waals surface area contributed by atoms with Crippen LogP contribution in [0.1, 0.15) is 11.1 Å². The van der Waals surface area contributed by atoms with Gasteiger partial charge >= 0.3 is 0 Å². The molecule has 0 bridgehead atoms. The summed E-state index contributed by atoms with van der Waals surface area (Å²) in [5.41, 5.74) is 2.19. The molecule has 0 atom stereocenters. The molecule has 0 saturated carbocycles. The van der Waals surface area contributed by atoms with Gasteiger partial charge in [0.25, 0.3) is 0 Å². The van der Waals surface area contributed by atoms with Crippen LogP contribution in [0.4, 0.5) is 0 Å². The predicted molar refractivity (Wildman–Crippen MR) is 93.4 cm³/mol. The summed E-state index contributed by atoms with van der Waals surface area (Å²) in [5.74, 6) is 2.57. The van der Waals surface area contributed by atoms with Crippen LogP contribution in [0.2, 0.25) is 0 Å². The third-order valence-corrected chi connectivity index (χ3v) is 3.31. The van der Waals surface area contributed by atoms with Crippen molar-refractivity contribution in [1.29, 1.82) is 0 Å². The molecule has 2 aromatic rings. The quantitative estimate of drug-likeness (QED) is 0.811. The van der Waals surface area contributed by atoms with Crippen molar-refractivity contribution in [2.24, 2.45) is 0 Å². The number of ether oxygens (including phenoxy) is 3. The summed E-state index contributed by atoms with van der Waals surface area (Å²) in [7, 11) is 5.02. The number of para-hydroxylation sites is 1. The summed E-state index contributed by atoms with van der Waals surface area (Å²) in [6, 6.07) is 13.8. The molecule has 4 nitrogen and oxygen atoms in total. The molecule has 0 heterocycles. The zero-order valence-corrected chi connectivity index (χ0v) is 14.8. The summed E-state index contributed by atoms with van der Waals surface area (Å²) in [4.78, 5) is 0. The van der Waals surface area contributed by atoms with Gasteiger partial charge in [0.05, 0.1) is 21.3 Å². The van der Waals surface area contributed by atoms with Crippen LogP contribution in [0.5, 0.6) is 17.2 Å². The van der Waals surface area contributed by atoms with E-state index in [9.17, 15) is 0 Å². The number of halogens is 1. The highest BCUT2D eigenvalue weighted by Crippen LogP contribution is 2.24. The van der Waals surface area contributed by atoms with Gasteiger partial charge in [-0.1, -0.05) is 18.2 Å². The van der Waals surface area contributed by atoms with E-state index in [-0.39, 0.29) is 17.0 Å². The zero-order valence-electron chi connectivity index (χ0n) is 13.1. The van der Waals surface area contributed by atoms with Crippen molar-refractivity contribution in [2.75, 3.05) is 21.3 Å². The molecule has 0 aromatic heterocycles. The molecule has 0 amide bonds. The Hall–Kier alpha value is -1.72. The summed E-state index contributed by atoms with van der Waals surface area (Å²) in [5, 5.41) is 3.40. The molecule has 0 unspecified atom stereocenters. The van der Waals surface area contributed by atoms with E-state index in [1.54, 1.807) is 21.3 Å². The second-order valence-electron chi connectivity index (χ2n) is 4.59. The van der Waals surface area contributed by atoms with Gasteiger partial charge in [-0.3, -0.25) is 0 Å². The Bertz CT molecular complexity index is 590. The third-order valence-electron chi connectivity index (χ3n) is 3.31. The highest BCUT2D eigenvalue weighted by Gasteiger charge is 2.06. The van der Waals surface area contributed by atoms with E-state index in [2.05, 4.69) is 11.4 Å². The summed E-state index contributed by atoms with van der Waals surface area (Å²) in [6.07, 6.45) is 0. The van der Waals surface area contributed by atoms with Crippen LogP contribution in [-0.2, 0) is 13.1 Å². The van der Waals surface area contributed by atoms with Gasteiger partial charge in [-0.05, 0) is 24.3 Å². The highest BCUT2D eigenvalue weighted by atomic mass is 79.9. The molecule has 22 heavy (non-hydrogen) atoms. The van der Waals surface area contributed by atoms with Gasteiger partial charge < -0.3 is 19.5 Å². The van der Waals surface area contributed by atoms with E-state index >= 15 is 0 Å². The second kappa shape index (κ2) is 9.33. The van der Waals surface area contributed by atoms with Gasteiger partial charge in [-0.25, -0.2) is 0 Å². The molecule has 2 rings (SSSR count). The van der Waals surface area contributed by atoms with Crippen molar-refractivity contribution in [3.8, 4) is 17.2 Å². The smallest absolute Gasteiger partial charge is 0.123 e. The Morgan fingerprint density at radius 1 is 0.773 bits per heavy atom. The largest absolute Gasteiger partial charge is 0.497 e. The summed E-state index contributed by atoms with van der Waals surface area (Å²) in [6.45, 7) is 1.42. The van der Waals surface area contributed by atoms with Crippen molar-refractivity contribution >= 4 is 17.0 Å². The lowest BCUT2D eigenvalue weighted by atomic mass is 10.1. The van der Waals surface area contributed by atoms with E-state index in [0.717, 1.165) is 34.9 Å². The van der Waals surface area contributed by atoms with Gasteiger partial charge in [0.1, 0.15) is 17.2 Å². The molecule has 1 N–H and O–H groups in total. The Labute approximate surface area is 142 Å². The number of benzene rings is 2. The maximum atomic E-state index is 5.37. The van der Waals surface area contributed by atoms with Crippen LogP contribution in [0.3, 0.4) is 0 Å². The second-order valence-corrected chi connectivity index (χ2v) is 4.59. The van der Waals surface area contributed by atoms with Gasteiger partial charge in [0.15, 0.2) is 0 Å². The van der Waals surface area contributed by atoms with Crippen LogP contribution in [0, 0.1) is 0 Å². The van der Waals surface area contributed by atoms with Crippen LogP contribution in [-0.4, -0.2) is 21.3 Å². The van der Waals surface area contributed by atoms with E-state index in [0.29, 0.717) is 6.54 Å². The van der Waals surface area contributed by atoms with Crippen molar-refractivity contribution in [3.05, 3.63) is 53.6 Å². The predicted octanol–water partition coefficient (Wildman–Crippen LogP) is 3.58. The number of hydrogen-bond donors (Lipinski definition) is 1. The molecule has 0 radical (unpaired) electrons. The monoisotopic (exact) mass is 367 g/mol. The first-order valence-electron chi connectivity index (χ1n) is 6.82. The van der Waals surface area contributed by atoms with E-state index in [1.165, 1.54) is 0 Å². The number of methoxy groups -OCH3 is 3. The highest BCUT2D eigenvalue weighted by molar-refractivity contribution is 8.93. The van der Waals surface area contributed by atoms with Crippen molar-refractivity contribution in [3.63, 3.8) is 0 Å². The first kappa shape index (κ1) is 18.3. The van der Waals surface area contributed by atoms with Crippen LogP contribution >= 0.6 is 17.0 Å². The zero-order chi connectivity index (χ0) is 15.1. The van der Waals surface area contributed by atoms with Crippen molar-refractivity contribution in [2.45, 2.75) is 13.1 Å². The molecule has 0 saturated heterocycles. The normalized spacial score (nSPS) is 9.77. The number of hydrogen-bond acceptors (Lipinski definition) is 4. The Morgan fingerprint density at radius 3 is 2.09 bits per heavy atom. The molecule has 120 valence electrons. The van der Waals surface area contributed by atoms with E-state index in [1.807, 2.05) is 36.4 Å². The van der Waals surface area contributed by atoms with Gasteiger partial charge in [0.2, 0.25) is 0 Å². The molecule has 0 spiro atoms. The Balaban J connectivity index is 0.00000242. The first-order valence-corrected chi connectivity index (χ1v) is 6.82. The van der Waals surface area contributed by atoms with Crippen LogP contribution in [0.15, 0.2) is 42.5 Å². The molecule has 0 aliphatic rings. The molecule has 0 fully saturated rings. The van der Waals surface area contributed by atoms with Gasteiger partial charge in [-0.15, -0.1) is 17.0 Å². The fourth-order valence-corrected chi connectivity index (χ4v) is 2.20. The average Bonchev–Trinajstić information content (AvgIpc) is 2.55. The SMILES string of the molecule is Br.COc1ccc(OC)c(CNCc2ccccc2OC)c1. The lowest BCUT2D eigenvalue weighted by Crippen LogP contribution is -2.14. The maximum Gasteiger partial charge on any atom is 0.123 e. The molecule has 0 aliphatic carbocycles. The lowest BCUT2D eigenvalue weighted by molar-refractivity contribution is 0.396.